The quantitative estimate of drug-likeness (QED) is 0.835. The lowest BCUT2D eigenvalue weighted by Crippen LogP contribution is -2.30. The van der Waals surface area contributed by atoms with E-state index < -0.39 is 0 Å². The topological polar surface area (TPSA) is 65.5 Å². The molecule has 0 spiro atoms. The number of hydrogen-bond acceptors (Lipinski definition) is 4. The van der Waals surface area contributed by atoms with E-state index in [1.54, 1.807) is 24.0 Å². The van der Waals surface area contributed by atoms with E-state index >= 15 is 0 Å². The zero-order valence-electron chi connectivity index (χ0n) is 11.8. The number of aliphatic hydroxyl groups excluding tert-OH is 1. The van der Waals surface area contributed by atoms with Crippen LogP contribution in [0.15, 0.2) is 12.1 Å². The van der Waals surface area contributed by atoms with Crippen molar-refractivity contribution in [2.45, 2.75) is 26.4 Å². The number of nitrogens with zero attached hydrogens (tertiary/aromatic N) is 2. The molecule has 110 valence electrons. The van der Waals surface area contributed by atoms with Crippen molar-refractivity contribution in [3.63, 3.8) is 0 Å². The van der Waals surface area contributed by atoms with Gasteiger partial charge in [0, 0.05) is 31.1 Å². The summed E-state index contributed by atoms with van der Waals surface area (Å²) in [6.07, 6.45) is 0.452. The van der Waals surface area contributed by atoms with E-state index in [1.165, 1.54) is 0 Å². The first kappa shape index (κ1) is 15.1. The summed E-state index contributed by atoms with van der Waals surface area (Å²) < 4.78 is 0. The van der Waals surface area contributed by atoms with Crippen LogP contribution in [0.4, 0.5) is 5.82 Å². The van der Waals surface area contributed by atoms with Gasteiger partial charge in [0.2, 0.25) is 0 Å². The summed E-state index contributed by atoms with van der Waals surface area (Å²) in [6, 6.07) is 3.30. The minimum Gasteiger partial charge on any atom is -0.393 e. The molecule has 2 heterocycles. The summed E-state index contributed by atoms with van der Waals surface area (Å²) in [5, 5.41) is 13.0. The van der Waals surface area contributed by atoms with E-state index in [1.807, 2.05) is 6.92 Å². The number of amides is 1. The monoisotopic (exact) mass is 297 g/mol. The van der Waals surface area contributed by atoms with Crippen molar-refractivity contribution in [1.29, 1.82) is 0 Å². The van der Waals surface area contributed by atoms with E-state index in [4.69, 9.17) is 11.6 Å². The van der Waals surface area contributed by atoms with Gasteiger partial charge in [-0.1, -0.05) is 11.6 Å². The van der Waals surface area contributed by atoms with E-state index in [0.717, 1.165) is 13.0 Å². The second-order valence-corrected chi connectivity index (χ2v) is 5.52. The van der Waals surface area contributed by atoms with Crippen molar-refractivity contribution in [3.8, 4) is 0 Å². The molecule has 20 heavy (non-hydrogen) atoms. The van der Waals surface area contributed by atoms with E-state index in [-0.39, 0.29) is 17.9 Å². The van der Waals surface area contributed by atoms with Gasteiger partial charge in [-0.2, -0.15) is 0 Å². The SMILES string of the molecule is CCNc1cc(C(=O)N2CCC(C(C)O)C2)cc(Cl)n1. The third kappa shape index (κ3) is 3.41. The predicted octanol–water partition coefficient (Wildman–Crippen LogP) is 2.01. The number of likely N-dealkylation sites (tertiary alicyclic amines) is 1. The first-order valence-electron chi connectivity index (χ1n) is 6.90. The molecular formula is C14H20ClN3O2. The number of aromatic nitrogens is 1. The zero-order valence-corrected chi connectivity index (χ0v) is 12.5. The number of anilines is 1. The summed E-state index contributed by atoms with van der Waals surface area (Å²) in [7, 11) is 0. The molecule has 5 nitrogen and oxygen atoms in total. The van der Waals surface area contributed by atoms with Gasteiger partial charge in [-0.3, -0.25) is 4.79 Å². The Kier molecular flexibility index (Phi) is 4.83. The molecule has 2 atom stereocenters. The van der Waals surface area contributed by atoms with Gasteiger partial charge in [0.25, 0.3) is 5.91 Å². The Labute approximate surface area is 123 Å². The molecule has 0 radical (unpaired) electrons. The summed E-state index contributed by atoms with van der Waals surface area (Å²) in [5.41, 5.74) is 0.534. The Morgan fingerprint density at radius 1 is 1.65 bits per heavy atom. The van der Waals surface area contributed by atoms with Crippen molar-refractivity contribution in [2.24, 2.45) is 5.92 Å². The largest absolute Gasteiger partial charge is 0.393 e. The molecule has 1 fully saturated rings. The van der Waals surface area contributed by atoms with Crippen LogP contribution in [0.2, 0.25) is 5.15 Å². The molecule has 2 N–H and O–H groups in total. The number of hydrogen-bond donors (Lipinski definition) is 2. The van der Waals surface area contributed by atoms with Gasteiger partial charge in [-0.15, -0.1) is 0 Å². The Bertz CT molecular complexity index is 493. The molecule has 0 bridgehead atoms. The van der Waals surface area contributed by atoms with Crippen LogP contribution in [-0.2, 0) is 0 Å². The normalized spacial score (nSPS) is 20.0. The molecule has 1 saturated heterocycles. The van der Waals surface area contributed by atoms with Crippen molar-refractivity contribution in [2.75, 3.05) is 25.0 Å². The van der Waals surface area contributed by atoms with Gasteiger partial charge in [0.1, 0.15) is 11.0 Å². The van der Waals surface area contributed by atoms with Gasteiger partial charge in [0.05, 0.1) is 6.10 Å². The van der Waals surface area contributed by atoms with Crippen molar-refractivity contribution >= 4 is 23.3 Å². The van der Waals surface area contributed by atoms with Gasteiger partial charge in [-0.25, -0.2) is 4.98 Å². The van der Waals surface area contributed by atoms with Crippen LogP contribution in [-0.4, -0.2) is 46.6 Å². The number of pyridine rings is 1. The maximum atomic E-state index is 12.5. The van der Waals surface area contributed by atoms with Crippen LogP contribution in [0, 0.1) is 5.92 Å². The van der Waals surface area contributed by atoms with Crippen LogP contribution in [0.3, 0.4) is 0 Å². The minimum absolute atomic E-state index is 0.0587. The van der Waals surface area contributed by atoms with E-state index in [0.29, 0.717) is 29.6 Å². The fraction of sp³-hybridized carbons (Fsp3) is 0.571. The average Bonchev–Trinajstić information content (AvgIpc) is 2.87. The van der Waals surface area contributed by atoms with Crippen LogP contribution < -0.4 is 5.32 Å². The van der Waals surface area contributed by atoms with Crippen molar-refractivity contribution in [3.05, 3.63) is 22.8 Å². The Morgan fingerprint density at radius 2 is 2.40 bits per heavy atom. The van der Waals surface area contributed by atoms with Crippen molar-refractivity contribution in [1.82, 2.24) is 9.88 Å². The molecule has 2 rings (SSSR count). The maximum Gasteiger partial charge on any atom is 0.254 e. The maximum absolute atomic E-state index is 12.5. The van der Waals surface area contributed by atoms with Gasteiger partial charge in [0.15, 0.2) is 0 Å². The van der Waals surface area contributed by atoms with Crippen LogP contribution in [0.1, 0.15) is 30.6 Å². The third-order valence-corrected chi connectivity index (χ3v) is 3.79. The van der Waals surface area contributed by atoms with Gasteiger partial charge < -0.3 is 15.3 Å². The van der Waals surface area contributed by atoms with Gasteiger partial charge in [-0.05, 0) is 32.4 Å². The molecule has 1 amide bonds. The molecule has 1 aromatic heterocycles. The summed E-state index contributed by atoms with van der Waals surface area (Å²) >= 11 is 5.95. The second kappa shape index (κ2) is 6.41. The second-order valence-electron chi connectivity index (χ2n) is 5.13. The number of halogens is 1. The molecule has 1 aliphatic rings. The number of aliphatic hydroxyl groups is 1. The fourth-order valence-electron chi connectivity index (χ4n) is 2.44. The lowest BCUT2D eigenvalue weighted by Gasteiger charge is -2.18. The van der Waals surface area contributed by atoms with E-state index in [2.05, 4.69) is 10.3 Å². The molecule has 0 saturated carbocycles. The highest BCUT2D eigenvalue weighted by Crippen LogP contribution is 2.23. The molecule has 1 aromatic rings. The first-order valence-corrected chi connectivity index (χ1v) is 7.28. The molecule has 0 aliphatic carbocycles. The lowest BCUT2D eigenvalue weighted by atomic mass is 10.0. The Balaban J connectivity index is 2.13. The summed E-state index contributed by atoms with van der Waals surface area (Å²) in [5.74, 6) is 0.704. The van der Waals surface area contributed by atoms with Crippen LogP contribution in [0.25, 0.3) is 0 Å². The third-order valence-electron chi connectivity index (χ3n) is 3.59. The smallest absolute Gasteiger partial charge is 0.254 e. The van der Waals surface area contributed by atoms with Crippen LogP contribution >= 0.6 is 11.6 Å². The van der Waals surface area contributed by atoms with E-state index in [9.17, 15) is 9.90 Å². The fourth-order valence-corrected chi connectivity index (χ4v) is 2.65. The molecular weight excluding hydrogens is 278 g/mol. The number of carbonyl (C=O) groups is 1. The van der Waals surface area contributed by atoms with Crippen LogP contribution in [0.5, 0.6) is 0 Å². The first-order chi connectivity index (χ1) is 9.51. The average molecular weight is 298 g/mol. The number of rotatable bonds is 4. The molecule has 0 aromatic carbocycles. The highest BCUT2D eigenvalue weighted by atomic mass is 35.5. The molecule has 1 aliphatic heterocycles. The summed E-state index contributed by atoms with van der Waals surface area (Å²) in [6.45, 7) is 5.70. The highest BCUT2D eigenvalue weighted by Gasteiger charge is 2.29. The zero-order chi connectivity index (χ0) is 14.7. The predicted molar refractivity (Wildman–Crippen MR) is 79.1 cm³/mol. The Morgan fingerprint density at radius 3 is 3.00 bits per heavy atom. The number of carbonyl (C=O) groups excluding carboxylic acids is 1. The van der Waals surface area contributed by atoms with Gasteiger partial charge >= 0.3 is 0 Å². The standard InChI is InChI=1S/C14H20ClN3O2/c1-3-16-13-7-11(6-12(15)17-13)14(20)18-5-4-10(8-18)9(2)19/h6-7,9-10,19H,3-5,8H2,1-2H3,(H,16,17). The minimum atomic E-state index is -0.383. The summed E-state index contributed by atoms with van der Waals surface area (Å²) in [4.78, 5) is 18.3. The molecule has 2 unspecified atom stereocenters. The van der Waals surface area contributed by atoms with Crippen molar-refractivity contribution < 1.29 is 9.90 Å². The lowest BCUT2D eigenvalue weighted by molar-refractivity contribution is 0.0762. The Hall–Kier alpha value is -1.33. The molecule has 6 heteroatoms. The highest BCUT2D eigenvalue weighted by molar-refractivity contribution is 6.29. The number of nitrogens with one attached hydrogen (secondary N) is 1.